The molecule has 0 radical (unpaired) electrons. The molecule has 4 aromatic rings. The van der Waals surface area contributed by atoms with Gasteiger partial charge in [0, 0.05) is 5.56 Å². The summed E-state index contributed by atoms with van der Waals surface area (Å²) in [7, 11) is 0. The van der Waals surface area contributed by atoms with Crippen molar-refractivity contribution >= 4 is 28.7 Å². The molecule has 2 N–H and O–H groups in total. The molecule has 4 rings (SSSR count). The van der Waals surface area contributed by atoms with Crippen LogP contribution in [0.1, 0.15) is 32.1 Å². The third-order valence-corrected chi connectivity index (χ3v) is 4.65. The summed E-state index contributed by atoms with van der Waals surface area (Å²) < 4.78 is 41.5. The van der Waals surface area contributed by atoms with E-state index < -0.39 is 23.9 Å². The van der Waals surface area contributed by atoms with E-state index in [0.29, 0.717) is 5.56 Å². The minimum Gasteiger partial charge on any atom is -0.478 e. The number of hydrogen-bond acceptors (Lipinski definition) is 5. The van der Waals surface area contributed by atoms with E-state index in [4.69, 9.17) is 5.11 Å². The van der Waals surface area contributed by atoms with Gasteiger partial charge in [-0.05, 0) is 36.8 Å². The average Bonchev–Trinajstić information content (AvgIpc) is 3.14. The van der Waals surface area contributed by atoms with Crippen molar-refractivity contribution in [1.29, 1.82) is 0 Å². The molecule has 32 heavy (non-hydrogen) atoms. The molecular formula is C21H14F3N5O3. The fourth-order valence-corrected chi connectivity index (χ4v) is 3.15. The first-order valence-electron chi connectivity index (χ1n) is 9.17. The van der Waals surface area contributed by atoms with Crippen LogP contribution in [0.3, 0.4) is 0 Å². The molecule has 2 aromatic carbocycles. The molecule has 2 heterocycles. The van der Waals surface area contributed by atoms with Crippen molar-refractivity contribution in [2.75, 3.05) is 5.32 Å². The number of nitrogens with one attached hydrogen (secondary N) is 1. The van der Waals surface area contributed by atoms with Gasteiger partial charge in [0.2, 0.25) is 5.82 Å². The number of imidazole rings is 1. The lowest BCUT2D eigenvalue weighted by atomic mass is 10.1. The van der Waals surface area contributed by atoms with Crippen molar-refractivity contribution in [2.45, 2.75) is 13.1 Å². The second-order valence-corrected chi connectivity index (χ2v) is 6.81. The van der Waals surface area contributed by atoms with Crippen LogP contribution in [0.25, 0.3) is 16.9 Å². The Bertz CT molecular complexity index is 1350. The van der Waals surface area contributed by atoms with Gasteiger partial charge in [0.05, 0.1) is 29.0 Å². The molecule has 0 fully saturated rings. The number of hydrogen-bond donors (Lipinski definition) is 2. The number of carbonyl (C=O) groups excluding carboxylic acids is 1. The Balaban J connectivity index is 1.72. The molecule has 0 aliphatic heterocycles. The van der Waals surface area contributed by atoms with Crippen LogP contribution >= 0.6 is 0 Å². The number of alkyl halides is 3. The van der Waals surface area contributed by atoms with Crippen molar-refractivity contribution in [1.82, 2.24) is 19.5 Å². The third kappa shape index (κ3) is 3.87. The molecule has 0 unspecified atom stereocenters. The van der Waals surface area contributed by atoms with E-state index in [2.05, 4.69) is 20.3 Å². The van der Waals surface area contributed by atoms with E-state index in [-0.39, 0.29) is 28.2 Å². The highest BCUT2D eigenvalue weighted by atomic mass is 19.4. The number of aromatic carboxylic acids is 1. The summed E-state index contributed by atoms with van der Waals surface area (Å²) in [6.45, 7) is 1.77. The average molecular weight is 441 g/mol. The predicted octanol–water partition coefficient (Wildman–Crippen LogP) is 4.09. The monoisotopic (exact) mass is 441 g/mol. The standard InChI is InChI=1S/C21H14F3N5O3/c1-11-4-2-3-5-13(11)18(30)28-16-9-26-17(10-25-16)29-15-7-6-12(19(31)32)8-14(15)27-20(29)21(22,23)24/h2-10H,1H3,(H,31,32)(H,25,28,30). The van der Waals surface area contributed by atoms with Crippen LogP contribution in [-0.2, 0) is 6.18 Å². The zero-order valence-corrected chi connectivity index (χ0v) is 16.4. The van der Waals surface area contributed by atoms with Gasteiger partial charge < -0.3 is 10.4 Å². The van der Waals surface area contributed by atoms with Gasteiger partial charge in [-0.2, -0.15) is 13.2 Å². The van der Waals surface area contributed by atoms with Gasteiger partial charge in [0.25, 0.3) is 5.91 Å². The molecule has 0 aliphatic carbocycles. The molecule has 0 bridgehead atoms. The van der Waals surface area contributed by atoms with Crippen LogP contribution in [0.5, 0.6) is 0 Å². The first kappa shape index (κ1) is 21.0. The summed E-state index contributed by atoms with van der Waals surface area (Å²) in [6, 6.07) is 10.3. The normalized spacial score (nSPS) is 11.5. The Kier molecular flexibility index (Phi) is 5.09. The fraction of sp³-hybridized carbons (Fsp3) is 0.0952. The first-order chi connectivity index (χ1) is 15.1. The van der Waals surface area contributed by atoms with Gasteiger partial charge in [-0.1, -0.05) is 18.2 Å². The summed E-state index contributed by atoms with van der Waals surface area (Å²) in [5.41, 5.74) is 0.822. The molecule has 11 heteroatoms. The highest BCUT2D eigenvalue weighted by molar-refractivity contribution is 6.04. The molecule has 8 nitrogen and oxygen atoms in total. The maximum absolute atomic E-state index is 13.6. The van der Waals surface area contributed by atoms with E-state index in [0.717, 1.165) is 28.6 Å². The van der Waals surface area contributed by atoms with E-state index in [1.165, 1.54) is 12.1 Å². The summed E-state index contributed by atoms with van der Waals surface area (Å²) in [5, 5.41) is 11.6. The van der Waals surface area contributed by atoms with Gasteiger partial charge in [0.15, 0.2) is 11.6 Å². The number of carbonyl (C=O) groups is 2. The maximum Gasteiger partial charge on any atom is 0.450 e. The highest BCUT2D eigenvalue weighted by Crippen LogP contribution is 2.33. The van der Waals surface area contributed by atoms with Crippen molar-refractivity contribution in [2.24, 2.45) is 0 Å². The van der Waals surface area contributed by atoms with Crippen LogP contribution < -0.4 is 5.32 Å². The smallest absolute Gasteiger partial charge is 0.450 e. The van der Waals surface area contributed by atoms with Crippen molar-refractivity contribution < 1.29 is 27.9 Å². The van der Waals surface area contributed by atoms with Crippen LogP contribution in [-0.4, -0.2) is 36.5 Å². The van der Waals surface area contributed by atoms with Crippen molar-refractivity contribution in [3.8, 4) is 5.82 Å². The number of aromatic nitrogens is 4. The second-order valence-electron chi connectivity index (χ2n) is 6.81. The molecule has 0 saturated carbocycles. The molecule has 0 atom stereocenters. The number of aryl methyl sites for hydroxylation is 1. The van der Waals surface area contributed by atoms with Gasteiger partial charge in [-0.3, -0.25) is 9.36 Å². The van der Waals surface area contributed by atoms with Crippen molar-refractivity contribution in [3.63, 3.8) is 0 Å². The second kappa shape index (κ2) is 7.76. The van der Waals surface area contributed by atoms with Crippen LogP contribution in [0.2, 0.25) is 0 Å². The third-order valence-electron chi connectivity index (χ3n) is 4.65. The number of amides is 1. The lowest BCUT2D eigenvalue weighted by molar-refractivity contribution is -0.145. The van der Waals surface area contributed by atoms with Crippen LogP contribution in [0.15, 0.2) is 54.9 Å². The van der Waals surface area contributed by atoms with Gasteiger partial charge in [-0.25, -0.2) is 19.7 Å². The maximum atomic E-state index is 13.6. The minimum absolute atomic E-state index is 0.00770. The number of nitrogens with zero attached hydrogens (tertiary/aromatic N) is 4. The number of rotatable bonds is 4. The zero-order chi connectivity index (χ0) is 23.0. The van der Waals surface area contributed by atoms with Gasteiger partial charge in [-0.15, -0.1) is 0 Å². The van der Waals surface area contributed by atoms with E-state index in [9.17, 15) is 22.8 Å². The Labute approximate surface area is 178 Å². The quantitative estimate of drug-likeness (QED) is 0.494. The minimum atomic E-state index is -4.83. The van der Waals surface area contributed by atoms with Gasteiger partial charge in [0.1, 0.15) is 0 Å². The molecule has 2 aromatic heterocycles. The lowest BCUT2D eigenvalue weighted by Gasteiger charge is -2.11. The molecule has 0 saturated heterocycles. The molecule has 1 amide bonds. The Morgan fingerprint density at radius 2 is 1.81 bits per heavy atom. The topological polar surface area (TPSA) is 110 Å². The first-order valence-corrected chi connectivity index (χ1v) is 9.17. The summed E-state index contributed by atoms with van der Waals surface area (Å²) in [4.78, 5) is 35.1. The number of carboxylic acids is 1. The number of halogens is 3. The number of benzene rings is 2. The van der Waals surface area contributed by atoms with E-state index >= 15 is 0 Å². The Morgan fingerprint density at radius 1 is 1.06 bits per heavy atom. The largest absolute Gasteiger partial charge is 0.478 e. The van der Waals surface area contributed by atoms with Crippen LogP contribution in [0, 0.1) is 6.92 Å². The highest BCUT2D eigenvalue weighted by Gasteiger charge is 2.38. The summed E-state index contributed by atoms with van der Waals surface area (Å²) in [6.07, 6.45) is -2.64. The molecule has 0 aliphatic rings. The van der Waals surface area contributed by atoms with E-state index in [1.807, 2.05) is 0 Å². The lowest BCUT2D eigenvalue weighted by Crippen LogP contribution is -2.16. The number of anilines is 1. The number of carboxylic acid groups (broad SMARTS) is 1. The molecular weight excluding hydrogens is 427 g/mol. The van der Waals surface area contributed by atoms with Crippen molar-refractivity contribution in [3.05, 3.63) is 77.4 Å². The summed E-state index contributed by atoms with van der Waals surface area (Å²) >= 11 is 0. The van der Waals surface area contributed by atoms with E-state index in [1.54, 1.807) is 31.2 Å². The Hall–Kier alpha value is -4.28. The molecule has 162 valence electrons. The Morgan fingerprint density at radius 3 is 2.44 bits per heavy atom. The number of fused-ring (bicyclic) bond motifs is 1. The zero-order valence-electron chi connectivity index (χ0n) is 16.4. The SMILES string of the molecule is Cc1ccccc1C(=O)Nc1cnc(-n2c(C(F)(F)F)nc3cc(C(=O)O)ccc32)cn1. The molecule has 0 spiro atoms. The summed E-state index contributed by atoms with van der Waals surface area (Å²) in [5.74, 6) is -3.15. The predicted molar refractivity (Wildman–Crippen MR) is 108 cm³/mol. The fourth-order valence-electron chi connectivity index (χ4n) is 3.15. The van der Waals surface area contributed by atoms with Gasteiger partial charge >= 0.3 is 12.1 Å². The van der Waals surface area contributed by atoms with Crippen LogP contribution in [0.4, 0.5) is 19.0 Å².